The van der Waals surface area contributed by atoms with E-state index >= 15 is 0 Å². The van der Waals surface area contributed by atoms with Crippen LogP contribution in [0.3, 0.4) is 0 Å². The quantitative estimate of drug-likeness (QED) is 0.196. The molecular formula is C20H17Rf5-. The van der Waals surface area contributed by atoms with Gasteiger partial charge in [0.05, 0.1) is 0 Å². The fourth-order valence-corrected chi connectivity index (χ4v) is 3.47. The molecule has 0 aliphatic heterocycles. The Balaban J connectivity index is 0. The number of benzene rings is 3. The zero-order valence-corrected chi connectivity index (χ0v) is 47.7. The van der Waals surface area contributed by atoms with E-state index in [9.17, 15) is 0 Å². The molecule has 0 aromatic heterocycles. The Morgan fingerprint density at radius 3 is 1.88 bits per heavy atom. The molecule has 0 nitrogen and oxygen atoms in total. The van der Waals surface area contributed by atoms with Gasteiger partial charge in [-0.3, -0.25) is 0 Å². The van der Waals surface area contributed by atoms with Gasteiger partial charge in [0.2, 0.25) is 0 Å². The van der Waals surface area contributed by atoms with E-state index in [0.717, 1.165) is 0 Å². The Morgan fingerprint density at radius 1 is 0.640 bits per heavy atom. The summed E-state index contributed by atoms with van der Waals surface area (Å²) in [6.45, 7) is 6.63. The topological polar surface area (TPSA) is 0 Å². The first-order valence-corrected chi connectivity index (χ1v) is 7.14. The summed E-state index contributed by atoms with van der Waals surface area (Å²) in [5.74, 6) is 0. The third-order valence-corrected chi connectivity index (χ3v) is 4.50. The largest absolute Gasteiger partial charge is 0.120 e. The summed E-state index contributed by atoms with van der Waals surface area (Å²) < 4.78 is 0. The molecule has 108 valence electrons. The van der Waals surface area contributed by atoms with Crippen LogP contribution in [0.4, 0.5) is 0 Å². The minimum atomic E-state index is 0. The van der Waals surface area contributed by atoms with Gasteiger partial charge < -0.3 is 0 Å². The van der Waals surface area contributed by atoms with Crippen LogP contribution in [0.25, 0.3) is 32.3 Å². The third-order valence-electron chi connectivity index (χ3n) is 4.50. The van der Waals surface area contributed by atoms with Gasteiger partial charge in [0.1, 0.15) is 0 Å². The molecule has 4 aromatic carbocycles. The Morgan fingerprint density at radius 2 is 1.24 bits per heavy atom. The molecule has 0 aliphatic carbocycles. The van der Waals surface area contributed by atoms with Crippen molar-refractivity contribution in [2.45, 2.75) is 20.8 Å². The second-order valence-electron chi connectivity index (χ2n) is 5.84. The van der Waals surface area contributed by atoms with Crippen molar-refractivity contribution in [2.75, 3.05) is 0 Å². The molecular weight excluding hydrogens is 1580 g/mol. The van der Waals surface area contributed by atoms with E-state index in [0.29, 0.717) is 0 Å². The van der Waals surface area contributed by atoms with Gasteiger partial charge in [0.25, 0.3) is 0 Å². The molecule has 0 spiro atoms. The zero-order valence-electron chi connectivity index (χ0n) is 15.7. The Bertz CT molecular complexity index is 986. The minimum absolute atomic E-state index is 0. The van der Waals surface area contributed by atoms with Gasteiger partial charge in [0, 0.05) is 0 Å². The predicted octanol–water partition coefficient (Wildman–Crippen LogP) is 5.79. The van der Waals surface area contributed by atoms with E-state index in [1.165, 1.54) is 49.0 Å². The van der Waals surface area contributed by atoms with Gasteiger partial charge in [-0.1, -0.05) is 59.8 Å². The molecule has 0 atom stereocenters. The molecule has 0 radical (unpaired) electrons. The van der Waals surface area contributed by atoms with Crippen molar-refractivity contribution >= 4 is 32.3 Å². The fourth-order valence-electron chi connectivity index (χ4n) is 3.47. The monoisotopic (exact) mass is 1590 g/mol. The number of aryl methyl sites for hydroxylation is 3. The third kappa shape index (κ3) is 1.83. The van der Waals surface area contributed by atoms with Crippen molar-refractivity contribution in [2.24, 2.45) is 0 Å². The Labute approximate surface area is 119 Å². The van der Waals surface area contributed by atoms with Crippen LogP contribution in [-0.2, 0) is 0 Å². The van der Waals surface area contributed by atoms with Crippen molar-refractivity contribution < 1.29 is 0 Å². The number of rotatable bonds is 0. The van der Waals surface area contributed by atoms with Gasteiger partial charge >= 0.3 is 0 Å². The first-order valence-electron chi connectivity index (χ1n) is 7.14. The zero-order chi connectivity index (χ0) is 13.9. The molecule has 0 heterocycles. The molecule has 0 unspecified atom stereocenters. The second kappa shape index (κ2) is 5.42. The van der Waals surface area contributed by atoms with E-state index in [-0.39, 0.29) is 0 Å². The molecule has 0 aliphatic rings. The summed E-state index contributed by atoms with van der Waals surface area (Å²) in [7, 11) is 0. The minimum Gasteiger partial charge on any atom is -0.120 e. The molecule has 4 aromatic rings. The van der Waals surface area contributed by atoms with E-state index < -0.39 is 0 Å². The average Bonchev–Trinajstić information content (AvgIpc) is 2.73. The first-order chi connectivity index (χ1) is 9.66. The standard InChI is InChI=1S/C20H17.5Rf/c1-12-8-9-17-18(10-12)14(3)19-11-13(2)15-6-4-5-7-16(15)20(17)19;;;;;/h4-11H,1-3H3;;;;;/q-1;;;;;. The molecule has 5 heteroatoms. The smallest absolute Gasteiger partial charge is 0 e. The van der Waals surface area contributed by atoms with E-state index in [4.69, 9.17) is 0 Å². The summed E-state index contributed by atoms with van der Waals surface area (Å²) in [6.07, 6.45) is 0. The fraction of sp³-hybridized carbons (Fsp3) is 0.150. The second-order valence-corrected chi connectivity index (χ2v) is 5.84. The van der Waals surface area contributed by atoms with Crippen LogP contribution in [0.5, 0.6) is 0 Å². The molecule has 0 amide bonds. The molecule has 0 bridgehead atoms. The van der Waals surface area contributed by atoms with Gasteiger partial charge in [-0.25, -0.2) is 0 Å². The SMILES string of the molecule is Cc1ccc2c3c4ccccc4c(C)cc3[c-](C)c2c1.[Rf].[Rf].[Rf].[Rf].[Rf]. The van der Waals surface area contributed by atoms with Crippen LogP contribution in [-0.4, -0.2) is 0 Å². The van der Waals surface area contributed by atoms with Crippen LogP contribution in [0.1, 0.15) is 16.7 Å². The predicted molar refractivity (Wildman–Crippen MR) is 88.8 cm³/mol. The summed E-state index contributed by atoms with van der Waals surface area (Å²) >= 11 is 0. The molecule has 0 saturated heterocycles. The normalized spacial score (nSPS) is 9.40. The Hall–Kier alpha value is -7.21. The van der Waals surface area contributed by atoms with Crippen LogP contribution in [0.15, 0.2) is 48.5 Å². The first kappa shape index (κ1) is 20.1. The molecule has 0 saturated carbocycles. The molecule has 0 fully saturated rings. The number of hydrogen-bond acceptors (Lipinski definition) is 0. The van der Waals surface area contributed by atoms with Gasteiger partial charge in [-0.15, -0.1) is 39.2 Å². The van der Waals surface area contributed by atoms with Gasteiger partial charge in [0.15, 0.2) is 0 Å². The van der Waals surface area contributed by atoms with Crippen LogP contribution in [0.2, 0.25) is 0 Å². The average molecular weight is 1590 g/mol. The summed E-state index contributed by atoms with van der Waals surface area (Å²) in [6, 6.07) is 17.9. The van der Waals surface area contributed by atoms with Gasteiger partial charge in [-0.2, -0.15) is 0 Å². The van der Waals surface area contributed by atoms with E-state index in [2.05, 4.69) is 69.3 Å². The maximum atomic E-state index is 2.35. The molecule has 0 N–H and O–H groups in total. The molecule has 25 heavy (non-hydrogen) atoms. The summed E-state index contributed by atoms with van der Waals surface area (Å²) in [5.41, 5.74) is 4.10. The van der Waals surface area contributed by atoms with Crippen molar-refractivity contribution in [3.05, 3.63) is 65.2 Å². The Kier molecular flexibility index (Phi) is 4.36. The van der Waals surface area contributed by atoms with Crippen molar-refractivity contribution in [1.29, 1.82) is 0 Å². The maximum Gasteiger partial charge on any atom is 0 e. The summed E-state index contributed by atoms with van der Waals surface area (Å²) in [4.78, 5) is 0. The van der Waals surface area contributed by atoms with Gasteiger partial charge in [-0.05, 0) is 19.2 Å². The number of fused-ring (bicyclic) bond motifs is 5. The van der Waals surface area contributed by atoms with Crippen molar-refractivity contribution in [1.82, 2.24) is 0 Å². The van der Waals surface area contributed by atoms with Crippen LogP contribution < -0.4 is 0 Å². The molecule has 4 rings (SSSR count). The number of hydrogen-bond donors (Lipinski definition) is 0. The summed E-state index contributed by atoms with van der Waals surface area (Å²) in [5, 5.41) is 8.35. The van der Waals surface area contributed by atoms with E-state index in [1.54, 1.807) is 0 Å². The van der Waals surface area contributed by atoms with Crippen molar-refractivity contribution in [3.8, 4) is 0 Å². The van der Waals surface area contributed by atoms with Crippen LogP contribution in [0, 0.1) is 20.8 Å². The van der Waals surface area contributed by atoms with Crippen LogP contribution >= 0.6 is 0 Å². The van der Waals surface area contributed by atoms with Crippen molar-refractivity contribution in [3.63, 3.8) is 0 Å². The maximum absolute atomic E-state index is 2.35. The van der Waals surface area contributed by atoms with E-state index in [1.807, 2.05) is 0 Å².